The molecule has 88 valence electrons. The summed E-state index contributed by atoms with van der Waals surface area (Å²) in [5.41, 5.74) is 6.20. The molecule has 5 heteroatoms. The summed E-state index contributed by atoms with van der Waals surface area (Å²) in [7, 11) is 0. The van der Waals surface area contributed by atoms with Crippen LogP contribution < -0.4 is 11.1 Å². The summed E-state index contributed by atoms with van der Waals surface area (Å²) in [4.78, 5) is 12.0. The second-order valence-electron chi connectivity index (χ2n) is 4.29. The van der Waals surface area contributed by atoms with Crippen molar-refractivity contribution in [2.45, 2.75) is 31.8 Å². The Morgan fingerprint density at radius 2 is 2.44 bits per heavy atom. The summed E-state index contributed by atoms with van der Waals surface area (Å²) in [5, 5.41) is 2.88. The first-order valence-electron chi connectivity index (χ1n) is 5.50. The topological polar surface area (TPSA) is 60.0 Å². The van der Waals surface area contributed by atoms with E-state index in [1.165, 1.54) is 0 Å². The van der Waals surface area contributed by atoms with Crippen LogP contribution in [0.25, 0.3) is 0 Å². The maximum atomic E-state index is 12.0. The zero-order chi connectivity index (χ0) is 11.7. The minimum atomic E-state index is -0.0458. The molecule has 0 saturated heterocycles. The summed E-state index contributed by atoms with van der Waals surface area (Å²) in [6.45, 7) is 2.36. The van der Waals surface area contributed by atoms with Gasteiger partial charge in [0.15, 0.2) is 0 Å². The first kappa shape index (κ1) is 11.7. The van der Waals surface area contributed by atoms with E-state index in [0.717, 1.165) is 23.0 Å². The summed E-state index contributed by atoms with van der Waals surface area (Å²) in [6, 6.07) is 2.37. The lowest BCUT2D eigenvalue weighted by Gasteiger charge is -2.12. The van der Waals surface area contributed by atoms with Gasteiger partial charge in [-0.1, -0.05) is 0 Å². The van der Waals surface area contributed by atoms with Gasteiger partial charge in [-0.25, -0.2) is 0 Å². The smallest absolute Gasteiger partial charge is 0.268 e. The lowest BCUT2D eigenvalue weighted by atomic mass is 10.3. The molecule has 1 aromatic rings. The number of aromatic nitrogens is 1. The SMILES string of the molecule is C[C@H](CN)NC(=O)c1cc(Br)cn1C1CC1. The normalized spacial score (nSPS) is 17.2. The lowest BCUT2D eigenvalue weighted by Crippen LogP contribution is -2.38. The summed E-state index contributed by atoms with van der Waals surface area (Å²) in [6.07, 6.45) is 4.29. The molecule has 1 amide bonds. The predicted molar refractivity (Wildman–Crippen MR) is 66.4 cm³/mol. The number of nitrogens with two attached hydrogens (primary N) is 1. The third-order valence-electron chi connectivity index (χ3n) is 2.72. The third-order valence-corrected chi connectivity index (χ3v) is 3.15. The van der Waals surface area contributed by atoms with Gasteiger partial charge in [0, 0.05) is 29.3 Å². The van der Waals surface area contributed by atoms with Gasteiger partial charge >= 0.3 is 0 Å². The Morgan fingerprint density at radius 3 is 3.00 bits per heavy atom. The largest absolute Gasteiger partial charge is 0.347 e. The van der Waals surface area contributed by atoms with Crippen molar-refractivity contribution in [3.05, 3.63) is 22.4 Å². The fraction of sp³-hybridized carbons (Fsp3) is 0.545. The number of hydrogen-bond donors (Lipinski definition) is 2. The highest BCUT2D eigenvalue weighted by Gasteiger charge is 2.27. The molecule has 0 aromatic carbocycles. The molecule has 1 heterocycles. The molecular weight excluding hydrogens is 270 g/mol. The van der Waals surface area contributed by atoms with Gasteiger partial charge in [0.25, 0.3) is 5.91 Å². The van der Waals surface area contributed by atoms with Crippen LogP contribution >= 0.6 is 15.9 Å². The molecule has 1 aliphatic rings. The van der Waals surface area contributed by atoms with E-state index in [4.69, 9.17) is 5.73 Å². The third kappa shape index (κ3) is 2.47. The highest BCUT2D eigenvalue weighted by atomic mass is 79.9. The Kier molecular flexibility index (Phi) is 3.35. The van der Waals surface area contributed by atoms with Gasteiger partial charge < -0.3 is 15.6 Å². The highest BCUT2D eigenvalue weighted by molar-refractivity contribution is 9.10. The Hall–Kier alpha value is -0.810. The predicted octanol–water partition coefficient (Wildman–Crippen LogP) is 1.66. The number of amides is 1. The van der Waals surface area contributed by atoms with Gasteiger partial charge in [0.05, 0.1) is 0 Å². The van der Waals surface area contributed by atoms with E-state index >= 15 is 0 Å². The Bertz CT molecular complexity index is 398. The monoisotopic (exact) mass is 285 g/mol. The zero-order valence-electron chi connectivity index (χ0n) is 9.24. The first-order valence-corrected chi connectivity index (χ1v) is 6.29. The minimum absolute atomic E-state index is 0.00817. The number of rotatable bonds is 4. The van der Waals surface area contributed by atoms with Crippen LogP contribution in [0.15, 0.2) is 16.7 Å². The molecule has 16 heavy (non-hydrogen) atoms. The number of halogens is 1. The van der Waals surface area contributed by atoms with Crippen LogP contribution in [-0.2, 0) is 0 Å². The number of hydrogen-bond acceptors (Lipinski definition) is 2. The molecule has 0 aliphatic heterocycles. The second kappa shape index (κ2) is 4.59. The maximum absolute atomic E-state index is 12.0. The van der Waals surface area contributed by atoms with Gasteiger partial charge in [-0.3, -0.25) is 4.79 Å². The van der Waals surface area contributed by atoms with Crippen molar-refractivity contribution in [2.24, 2.45) is 5.73 Å². The van der Waals surface area contributed by atoms with Gasteiger partial charge in [0.2, 0.25) is 0 Å². The number of nitrogens with one attached hydrogen (secondary N) is 1. The van der Waals surface area contributed by atoms with Crippen LogP contribution in [0, 0.1) is 0 Å². The van der Waals surface area contributed by atoms with Crippen molar-refractivity contribution >= 4 is 21.8 Å². The van der Waals surface area contributed by atoms with E-state index < -0.39 is 0 Å². The molecule has 1 saturated carbocycles. The molecule has 1 aliphatic carbocycles. The summed E-state index contributed by atoms with van der Waals surface area (Å²) >= 11 is 3.41. The van der Waals surface area contributed by atoms with E-state index in [0.29, 0.717) is 12.6 Å². The maximum Gasteiger partial charge on any atom is 0.268 e. The molecule has 3 N–H and O–H groups in total. The van der Waals surface area contributed by atoms with Crippen LogP contribution in [0.5, 0.6) is 0 Å². The van der Waals surface area contributed by atoms with Crippen molar-refractivity contribution in [1.82, 2.24) is 9.88 Å². The fourth-order valence-electron chi connectivity index (χ4n) is 1.64. The molecule has 4 nitrogen and oxygen atoms in total. The van der Waals surface area contributed by atoms with Gasteiger partial charge in [0.1, 0.15) is 5.69 Å². The first-order chi connectivity index (χ1) is 7.61. The summed E-state index contributed by atoms with van der Waals surface area (Å²) < 4.78 is 2.99. The summed E-state index contributed by atoms with van der Waals surface area (Å²) in [5.74, 6) is -0.0458. The second-order valence-corrected chi connectivity index (χ2v) is 5.21. The number of nitrogens with zero attached hydrogens (tertiary/aromatic N) is 1. The van der Waals surface area contributed by atoms with Crippen LogP contribution in [0.4, 0.5) is 0 Å². The lowest BCUT2D eigenvalue weighted by molar-refractivity contribution is 0.0931. The van der Waals surface area contributed by atoms with Crippen molar-refractivity contribution in [3.8, 4) is 0 Å². The van der Waals surface area contributed by atoms with Crippen LogP contribution in [-0.4, -0.2) is 23.1 Å². The zero-order valence-corrected chi connectivity index (χ0v) is 10.8. The molecule has 0 radical (unpaired) electrons. The van der Waals surface area contributed by atoms with Gasteiger partial charge in [-0.2, -0.15) is 0 Å². The van der Waals surface area contributed by atoms with Crippen molar-refractivity contribution in [3.63, 3.8) is 0 Å². The minimum Gasteiger partial charge on any atom is -0.347 e. The van der Waals surface area contributed by atoms with E-state index in [1.807, 2.05) is 23.8 Å². The van der Waals surface area contributed by atoms with E-state index in [2.05, 4.69) is 21.2 Å². The van der Waals surface area contributed by atoms with Crippen LogP contribution in [0.3, 0.4) is 0 Å². The van der Waals surface area contributed by atoms with Crippen molar-refractivity contribution in [1.29, 1.82) is 0 Å². The van der Waals surface area contributed by atoms with E-state index in [-0.39, 0.29) is 11.9 Å². The molecule has 2 rings (SSSR count). The Morgan fingerprint density at radius 1 is 1.75 bits per heavy atom. The van der Waals surface area contributed by atoms with E-state index in [1.54, 1.807) is 0 Å². The Balaban J connectivity index is 2.15. The number of carbonyl (C=O) groups excluding carboxylic acids is 1. The van der Waals surface area contributed by atoms with Crippen LogP contribution in [0.2, 0.25) is 0 Å². The molecule has 1 atom stereocenters. The average molecular weight is 286 g/mol. The van der Waals surface area contributed by atoms with Crippen molar-refractivity contribution in [2.75, 3.05) is 6.54 Å². The fourth-order valence-corrected chi connectivity index (χ4v) is 2.08. The van der Waals surface area contributed by atoms with E-state index in [9.17, 15) is 4.79 Å². The average Bonchev–Trinajstić information content (AvgIpc) is 3.01. The molecule has 0 spiro atoms. The molecule has 1 fully saturated rings. The highest BCUT2D eigenvalue weighted by Crippen LogP contribution is 2.37. The Labute approximate surface area is 103 Å². The van der Waals surface area contributed by atoms with Crippen LogP contribution in [0.1, 0.15) is 36.3 Å². The van der Waals surface area contributed by atoms with Crippen molar-refractivity contribution < 1.29 is 4.79 Å². The molecule has 0 bridgehead atoms. The number of carbonyl (C=O) groups is 1. The van der Waals surface area contributed by atoms with Gasteiger partial charge in [-0.15, -0.1) is 0 Å². The molecular formula is C11H16BrN3O. The molecule has 1 aromatic heterocycles. The quantitative estimate of drug-likeness (QED) is 0.884. The van der Waals surface area contributed by atoms with Gasteiger partial charge in [-0.05, 0) is 41.8 Å². The molecule has 0 unspecified atom stereocenters. The standard InChI is InChI=1S/C11H16BrN3O/c1-7(5-13)14-11(16)10-4-8(12)6-15(10)9-2-3-9/h4,6-7,9H,2-3,5,13H2,1H3,(H,14,16)/t7-/m1/s1.